The highest BCUT2D eigenvalue weighted by atomic mass is 16.6. The predicted molar refractivity (Wildman–Crippen MR) is 117 cm³/mol. The minimum Gasteiger partial charge on any atom is -0.446 e. The minimum atomic E-state index is -0.363. The molecule has 2 heterocycles. The molecule has 2 aromatic heterocycles. The van der Waals surface area contributed by atoms with Crippen LogP contribution in [-0.4, -0.2) is 60.1 Å². The number of carbonyl (C=O) groups excluding carboxylic acids is 2. The lowest BCUT2D eigenvalue weighted by atomic mass is 10.0. The largest absolute Gasteiger partial charge is 0.446 e. The Morgan fingerprint density at radius 1 is 1.35 bits per heavy atom. The topological polar surface area (TPSA) is 121 Å². The van der Waals surface area contributed by atoms with Crippen molar-refractivity contribution in [2.24, 2.45) is 0 Å². The quantitative estimate of drug-likeness (QED) is 0.496. The summed E-state index contributed by atoms with van der Waals surface area (Å²) < 4.78 is 10.5. The lowest BCUT2D eigenvalue weighted by Gasteiger charge is -2.16. The van der Waals surface area contributed by atoms with Gasteiger partial charge >= 0.3 is 6.09 Å². The first-order chi connectivity index (χ1) is 15.0. The van der Waals surface area contributed by atoms with E-state index >= 15 is 0 Å². The third kappa shape index (κ3) is 6.42. The van der Waals surface area contributed by atoms with Crippen molar-refractivity contribution >= 4 is 29.8 Å². The first-order valence-electron chi connectivity index (χ1n) is 10.4. The van der Waals surface area contributed by atoms with Crippen molar-refractivity contribution in [3.05, 3.63) is 30.1 Å². The molecule has 168 valence electrons. The number of H-pyrrole nitrogens is 1. The molecule has 3 rings (SSSR count). The number of amides is 2. The lowest BCUT2D eigenvalue weighted by molar-refractivity contribution is -0.107. The summed E-state index contributed by atoms with van der Waals surface area (Å²) >= 11 is 0. The van der Waals surface area contributed by atoms with Crippen LogP contribution in [0.1, 0.15) is 44.7 Å². The number of carbonyl (C=O) groups is 2. The van der Waals surface area contributed by atoms with Crippen LogP contribution in [0.3, 0.4) is 0 Å². The maximum Gasteiger partial charge on any atom is 0.407 e. The molecule has 0 aliphatic heterocycles. The van der Waals surface area contributed by atoms with Gasteiger partial charge in [-0.3, -0.25) is 9.89 Å². The van der Waals surface area contributed by atoms with Gasteiger partial charge in [-0.15, -0.1) is 0 Å². The number of methoxy groups -OCH3 is 1. The molecule has 2 aromatic rings. The Kier molecular flexibility index (Phi) is 7.82. The van der Waals surface area contributed by atoms with Crippen LogP contribution in [0, 0.1) is 0 Å². The molecule has 0 aromatic carbocycles. The van der Waals surface area contributed by atoms with E-state index < -0.39 is 0 Å². The average molecular weight is 431 g/mol. The molecule has 1 saturated carbocycles. The zero-order valence-electron chi connectivity index (χ0n) is 18.1. The van der Waals surface area contributed by atoms with Gasteiger partial charge < -0.3 is 25.0 Å². The Balaban J connectivity index is 1.53. The lowest BCUT2D eigenvalue weighted by Crippen LogP contribution is -2.33. The van der Waals surface area contributed by atoms with Crippen LogP contribution in [0.25, 0.3) is 0 Å². The Bertz CT molecular complexity index is 854. The van der Waals surface area contributed by atoms with Crippen LogP contribution in [0.4, 0.5) is 22.1 Å². The van der Waals surface area contributed by atoms with Crippen LogP contribution in [0.5, 0.6) is 0 Å². The van der Waals surface area contributed by atoms with E-state index in [1.165, 1.54) is 4.90 Å². The number of aromatic amines is 1. The summed E-state index contributed by atoms with van der Waals surface area (Å²) in [4.78, 5) is 28.9. The fourth-order valence-corrected chi connectivity index (χ4v) is 3.55. The molecule has 1 fully saturated rings. The third-order valence-corrected chi connectivity index (χ3v) is 5.10. The molecule has 0 saturated heterocycles. The maximum atomic E-state index is 11.8. The summed E-state index contributed by atoms with van der Waals surface area (Å²) in [6, 6.07) is 5.61. The summed E-state index contributed by atoms with van der Waals surface area (Å²) in [6.45, 7) is 4.71. The van der Waals surface area contributed by atoms with Crippen LogP contribution < -0.4 is 15.5 Å². The second kappa shape index (κ2) is 10.8. The maximum absolute atomic E-state index is 11.8. The SMILES string of the molecule is COCCN(C=O)c1ccc(Nc2cc([C@@H]3CC[C@H](OC(=O)NC(C)C)C3)[nH]n2)nc1. The fourth-order valence-electron chi connectivity index (χ4n) is 3.55. The molecule has 0 unspecified atom stereocenters. The van der Waals surface area contributed by atoms with Crippen LogP contribution in [0.15, 0.2) is 24.4 Å². The number of ether oxygens (including phenoxy) is 2. The molecule has 10 heteroatoms. The molecule has 0 bridgehead atoms. The highest BCUT2D eigenvalue weighted by Gasteiger charge is 2.30. The van der Waals surface area contributed by atoms with E-state index in [2.05, 4.69) is 25.8 Å². The van der Waals surface area contributed by atoms with Gasteiger partial charge in [0.1, 0.15) is 11.9 Å². The van der Waals surface area contributed by atoms with Gasteiger partial charge in [0, 0.05) is 37.4 Å². The van der Waals surface area contributed by atoms with Gasteiger partial charge in [0.2, 0.25) is 6.41 Å². The molecule has 3 N–H and O–H groups in total. The minimum absolute atomic E-state index is 0.0560. The van der Waals surface area contributed by atoms with Gasteiger partial charge in [0.25, 0.3) is 0 Å². The van der Waals surface area contributed by atoms with E-state index in [-0.39, 0.29) is 24.2 Å². The Labute approximate surface area is 181 Å². The number of alkyl carbamates (subject to hydrolysis) is 1. The molecule has 10 nitrogen and oxygen atoms in total. The van der Waals surface area contributed by atoms with Gasteiger partial charge in [-0.1, -0.05) is 0 Å². The van der Waals surface area contributed by atoms with E-state index in [9.17, 15) is 9.59 Å². The number of anilines is 3. The molecular weight excluding hydrogens is 400 g/mol. The van der Waals surface area contributed by atoms with E-state index in [1.54, 1.807) is 19.4 Å². The first-order valence-corrected chi connectivity index (χ1v) is 10.4. The molecule has 0 radical (unpaired) electrons. The van der Waals surface area contributed by atoms with Crippen LogP contribution in [-0.2, 0) is 14.3 Å². The Morgan fingerprint density at radius 2 is 2.19 bits per heavy atom. The molecular formula is C21H30N6O4. The monoisotopic (exact) mass is 430 g/mol. The molecule has 31 heavy (non-hydrogen) atoms. The van der Waals surface area contributed by atoms with E-state index in [4.69, 9.17) is 9.47 Å². The Morgan fingerprint density at radius 3 is 2.87 bits per heavy atom. The summed E-state index contributed by atoms with van der Waals surface area (Å²) in [5, 5.41) is 13.3. The second-order valence-corrected chi connectivity index (χ2v) is 7.86. The van der Waals surface area contributed by atoms with Crippen molar-refractivity contribution in [1.29, 1.82) is 0 Å². The number of aromatic nitrogens is 3. The number of hydrogen-bond acceptors (Lipinski definition) is 7. The zero-order chi connectivity index (χ0) is 22.2. The van der Waals surface area contributed by atoms with Crippen molar-refractivity contribution in [1.82, 2.24) is 20.5 Å². The number of nitrogens with zero attached hydrogens (tertiary/aromatic N) is 3. The van der Waals surface area contributed by atoms with Crippen molar-refractivity contribution in [3.8, 4) is 0 Å². The molecule has 2 atom stereocenters. The van der Waals surface area contributed by atoms with Crippen molar-refractivity contribution in [2.45, 2.75) is 51.2 Å². The highest BCUT2D eigenvalue weighted by molar-refractivity contribution is 5.75. The summed E-state index contributed by atoms with van der Waals surface area (Å²) in [5.41, 5.74) is 1.69. The van der Waals surface area contributed by atoms with Crippen LogP contribution in [0.2, 0.25) is 0 Å². The number of hydrogen-bond donors (Lipinski definition) is 3. The van der Waals surface area contributed by atoms with Crippen LogP contribution >= 0.6 is 0 Å². The van der Waals surface area contributed by atoms with Crippen molar-refractivity contribution in [3.63, 3.8) is 0 Å². The standard InChI is InChI=1S/C21H30N6O4/c1-14(2)23-21(29)31-17-6-4-15(10-17)18-11-20(26-25-18)24-19-7-5-16(12-22-19)27(13-28)8-9-30-3/h5,7,11-15,17H,4,6,8-10H2,1-3H3,(H,23,29)(H2,22,24,25,26)/t15-,17+/m1/s1. The molecule has 1 aliphatic rings. The predicted octanol–water partition coefficient (Wildman–Crippen LogP) is 2.93. The van der Waals surface area contributed by atoms with Gasteiger partial charge in [-0.2, -0.15) is 5.10 Å². The smallest absolute Gasteiger partial charge is 0.407 e. The number of rotatable bonds is 10. The summed E-state index contributed by atoms with van der Waals surface area (Å²) in [7, 11) is 1.59. The summed E-state index contributed by atoms with van der Waals surface area (Å²) in [5.74, 6) is 1.54. The average Bonchev–Trinajstić information content (AvgIpc) is 3.38. The van der Waals surface area contributed by atoms with Gasteiger partial charge in [0.05, 0.1) is 18.5 Å². The first kappa shape index (κ1) is 22.5. The molecule has 1 aliphatic carbocycles. The third-order valence-electron chi connectivity index (χ3n) is 5.10. The second-order valence-electron chi connectivity index (χ2n) is 7.86. The zero-order valence-corrected chi connectivity index (χ0v) is 18.1. The van der Waals surface area contributed by atoms with E-state index in [0.717, 1.165) is 31.4 Å². The molecule has 0 spiro atoms. The van der Waals surface area contributed by atoms with Gasteiger partial charge in [-0.25, -0.2) is 9.78 Å². The van der Waals surface area contributed by atoms with Gasteiger partial charge in [-0.05, 0) is 45.2 Å². The number of pyridine rings is 1. The van der Waals surface area contributed by atoms with E-state index in [0.29, 0.717) is 30.5 Å². The van der Waals surface area contributed by atoms with Gasteiger partial charge in [0.15, 0.2) is 5.82 Å². The van der Waals surface area contributed by atoms with Crippen molar-refractivity contribution in [2.75, 3.05) is 30.5 Å². The van der Waals surface area contributed by atoms with Crippen molar-refractivity contribution < 1.29 is 19.1 Å². The van der Waals surface area contributed by atoms with E-state index in [1.807, 2.05) is 26.0 Å². The fraction of sp³-hybridized carbons (Fsp3) is 0.524. The summed E-state index contributed by atoms with van der Waals surface area (Å²) in [6.07, 6.45) is 4.46. The Hall–Kier alpha value is -3.14. The molecule has 2 amide bonds. The normalized spacial score (nSPS) is 18.1. The number of nitrogens with one attached hydrogen (secondary N) is 3. The highest BCUT2D eigenvalue weighted by Crippen LogP contribution is 2.36.